The summed E-state index contributed by atoms with van der Waals surface area (Å²) in [6.07, 6.45) is 1.37. The van der Waals surface area contributed by atoms with E-state index >= 15 is 0 Å². The highest BCUT2D eigenvalue weighted by Gasteiger charge is 2.12. The summed E-state index contributed by atoms with van der Waals surface area (Å²) in [6, 6.07) is -0.501. The summed E-state index contributed by atoms with van der Waals surface area (Å²) >= 11 is 0. The van der Waals surface area contributed by atoms with Crippen molar-refractivity contribution in [3.05, 3.63) is 0 Å². The van der Waals surface area contributed by atoms with Gasteiger partial charge in [-0.3, -0.25) is 4.79 Å². The first-order valence-electron chi connectivity index (χ1n) is 3.84. The summed E-state index contributed by atoms with van der Waals surface area (Å²) in [5.41, 5.74) is 10.7. The van der Waals surface area contributed by atoms with Gasteiger partial charge in [0.1, 0.15) is 6.04 Å². The minimum absolute atomic E-state index is 0. The first-order valence-corrected chi connectivity index (χ1v) is 3.84. The highest BCUT2D eigenvalue weighted by Crippen LogP contribution is 1.95. The van der Waals surface area contributed by atoms with Crippen LogP contribution in [0.2, 0.25) is 0 Å². The molecule has 0 aromatic rings. The van der Waals surface area contributed by atoms with Gasteiger partial charge in [0, 0.05) is 0 Å². The fraction of sp³-hybridized carbons (Fsp3) is 0.857. The molecule has 0 aliphatic rings. The summed E-state index contributed by atoms with van der Waals surface area (Å²) < 4.78 is 4.70. The van der Waals surface area contributed by atoms with Crippen LogP contribution in [-0.2, 0) is 9.53 Å². The lowest BCUT2D eigenvalue weighted by molar-refractivity contribution is -0.144. The molecule has 0 aliphatic carbocycles. The maximum Gasteiger partial charge on any atom is 0.322 e. The molecule has 5 heteroatoms. The highest BCUT2D eigenvalue weighted by molar-refractivity contribution is 5.85. The number of halogens is 1. The van der Waals surface area contributed by atoms with E-state index in [1.165, 1.54) is 0 Å². The maximum atomic E-state index is 10.9. The Morgan fingerprint density at radius 3 is 2.58 bits per heavy atom. The number of carbonyl (C=O) groups is 1. The van der Waals surface area contributed by atoms with Gasteiger partial charge >= 0.3 is 5.97 Å². The van der Waals surface area contributed by atoms with Gasteiger partial charge < -0.3 is 16.2 Å². The zero-order valence-corrected chi connectivity index (χ0v) is 8.10. The van der Waals surface area contributed by atoms with Crippen molar-refractivity contribution in [2.24, 2.45) is 11.5 Å². The Morgan fingerprint density at radius 2 is 2.17 bits per heavy atom. The molecule has 4 nitrogen and oxygen atoms in total. The van der Waals surface area contributed by atoms with Crippen LogP contribution in [0.1, 0.15) is 19.8 Å². The zero-order valence-electron chi connectivity index (χ0n) is 7.29. The van der Waals surface area contributed by atoms with Crippen LogP contribution < -0.4 is 11.5 Å². The molecule has 0 aromatic carbocycles. The molecule has 12 heavy (non-hydrogen) atoms. The van der Waals surface area contributed by atoms with Crippen molar-refractivity contribution in [3.8, 4) is 0 Å². The maximum absolute atomic E-state index is 10.9. The second-order valence-corrected chi connectivity index (χ2v) is 2.29. The number of hydrogen-bond donors (Lipinski definition) is 2. The third-order valence-electron chi connectivity index (χ3n) is 1.31. The van der Waals surface area contributed by atoms with Crippen LogP contribution in [0, 0.1) is 0 Å². The average Bonchev–Trinajstić information content (AvgIpc) is 2.00. The molecule has 0 unspecified atom stereocenters. The molecule has 0 heterocycles. The predicted octanol–water partition coefficient (Wildman–Crippen LogP) is 0.0375. The van der Waals surface area contributed by atoms with Crippen LogP contribution in [0.15, 0.2) is 0 Å². The molecule has 0 bridgehead atoms. The van der Waals surface area contributed by atoms with Crippen LogP contribution in [0.4, 0.5) is 0 Å². The molecular formula is C7H17ClN2O2. The first-order chi connectivity index (χ1) is 5.22. The Bertz CT molecular complexity index is 122. The zero-order chi connectivity index (χ0) is 8.69. The lowest BCUT2D eigenvalue weighted by atomic mass is 10.2. The summed E-state index contributed by atoms with van der Waals surface area (Å²) in [4.78, 5) is 10.9. The smallest absolute Gasteiger partial charge is 0.322 e. The molecule has 0 rings (SSSR count). The molecule has 74 valence electrons. The molecule has 1 atom stereocenters. The van der Waals surface area contributed by atoms with Crippen LogP contribution in [0.25, 0.3) is 0 Å². The number of ether oxygens (including phenoxy) is 1. The van der Waals surface area contributed by atoms with E-state index in [9.17, 15) is 4.79 Å². The van der Waals surface area contributed by atoms with Crippen LogP contribution in [-0.4, -0.2) is 25.2 Å². The lowest BCUT2D eigenvalue weighted by Gasteiger charge is -2.08. The Labute approximate surface area is 79.0 Å². The van der Waals surface area contributed by atoms with Crippen molar-refractivity contribution in [1.82, 2.24) is 0 Å². The fourth-order valence-electron chi connectivity index (χ4n) is 0.705. The molecule has 4 N–H and O–H groups in total. The standard InChI is InChI=1S/C7H16N2O2.ClH/c1-2-11-7(10)6(9)4-3-5-8;/h6H,2-5,8-9H2,1H3;1H/t6-;/m0./s1. The molecule has 0 radical (unpaired) electrons. The first kappa shape index (κ1) is 14.2. The molecule has 0 spiro atoms. The van der Waals surface area contributed by atoms with E-state index in [-0.39, 0.29) is 18.4 Å². The Balaban J connectivity index is 0. The SMILES string of the molecule is CCOC(=O)[C@@H](N)CCCN.Cl. The van der Waals surface area contributed by atoms with E-state index in [4.69, 9.17) is 16.2 Å². The second kappa shape index (κ2) is 8.77. The minimum Gasteiger partial charge on any atom is -0.465 e. The Hall–Kier alpha value is -0.320. The van der Waals surface area contributed by atoms with Crippen molar-refractivity contribution in [2.45, 2.75) is 25.8 Å². The van der Waals surface area contributed by atoms with Crippen molar-refractivity contribution in [3.63, 3.8) is 0 Å². The summed E-state index contributed by atoms with van der Waals surface area (Å²) in [5.74, 6) is -0.332. The van der Waals surface area contributed by atoms with Gasteiger partial charge in [0.15, 0.2) is 0 Å². The molecule has 0 saturated carbocycles. The van der Waals surface area contributed by atoms with Gasteiger partial charge in [0.05, 0.1) is 6.61 Å². The van der Waals surface area contributed by atoms with E-state index < -0.39 is 6.04 Å². The molecule has 0 fully saturated rings. The quantitative estimate of drug-likeness (QED) is 0.609. The third kappa shape index (κ3) is 6.39. The lowest BCUT2D eigenvalue weighted by Crippen LogP contribution is -2.32. The van der Waals surface area contributed by atoms with E-state index in [1.807, 2.05) is 0 Å². The van der Waals surface area contributed by atoms with Gasteiger partial charge in [-0.1, -0.05) is 0 Å². The normalized spacial score (nSPS) is 11.6. The monoisotopic (exact) mass is 196 g/mol. The van der Waals surface area contributed by atoms with E-state index in [2.05, 4.69) is 0 Å². The summed E-state index contributed by atoms with van der Waals surface area (Å²) in [5, 5.41) is 0. The van der Waals surface area contributed by atoms with E-state index in [1.54, 1.807) is 6.92 Å². The molecule has 0 aliphatic heterocycles. The molecular weight excluding hydrogens is 180 g/mol. The number of hydrogen-bond acceptors (Lipinski definition) is 4. The number of esters is 1. The number of carbonyl (C=O) groups excluding carboxylic acids is 1. The highest BCUT2D eigenvalue weighted by atomic mass is 35.5. The summed E-state index contributed by atoms with van der Waals surface area (Å²) in [7, 11) is 0. The van der Waals surface area contributed by atoms with Crippen molar-refractivity contribution in [1.29, 1.82) is 0 Å². The summed E-state index contributed by atoms with van der Waals surface area (Å²) in [6.45, 7) is 2.70. The Kier molecular flexibility index (Phi) is 10.4. The number of rotatable bonds is 5. The predicted molar refractivity (Wildman–Crippen MR) is 50.1 cm³/mol. The van der Waals surface area contributed by atoms with Gasteiger partial charge in [-0.25, -0.2) is 0 Å². The number of nitrogens with two attached hydrogens (primary N) is 2. The molecule has 0 saturated heterocycles. The largest absolute Gasteiger partial charge is 0.465 e. The topological polar surface area (TPSA) is 78.3 Å². The molecule has 0 aromatic heterocycles. The van der Waals surface area contributed by atoms with Gasteiger partial charge in [-0.2, -0.15) is 0 Å². The second-order valence-electron chi connectivity index (χ2n) is 2.29. The molecule has 0 amide bonds. The minimum atomic E-state index is -0.501. The van der Waals surface area contributed by atoms with Crippen LogP contribution in [0.3, 0.4) is 0 Å². The van der Waals surface area contributed by atoms with Crippen molar-refractivity contribution >= 4 is 18.4 Å². The van der Waals surface area contributed by atoms with Crippen LogP contribution >= 0.6 is 12.4 Å². The van der Waals surface area contributed by atoms with Crippen molar-refractivity contribution < 1.29 is 9.53 Å². The van der Waals surface area contributed by atoms with Crippen molar-refractivity contribution in [2.75, 3.05) is 13.2 Å². The van der Waals surface area contributed by atoms with Gasteiger partial charge in [0.25, 0.3) is 0 Å². The van der Waals surface area contributed by atoms with Gasteiger partial charge in [-0.05, 0) is 26.3 Å². The van der Waals surface area contributed by atoms with E-state index in [0.29, 0.717) is 19.6 Å². The van der Waals surface area contributed by atoms with E-state index in [0.717, 1.165) is 6.42 Å². The van der Waals surface area contributed by atoms with Crippen LogP contribution in [0.5, 0.6) is 0 Å². The average molecular weight is 197 g/mol. The fourth-order valence-corrected chi connectivity index (χ4v) is 0.705. The van der Waals surface area contributed by atoms with Gasteiger partial charge in [0.2, 0.25) is 0 Å². The Morgan fingerprint density at radius 1 is 1.58 bits per heavy atom. The van der Waals surface area contributed by atoms with Gasteiger partial charge in [-0.15, -0.1) is 12.4 Å². The third-order valence-corrected chi connectivity index (χ3v) is 1.31.